The van der Waals surface area contributed by atoms with Gasteiger partial charge in [-0.3, -0.25) is 14.4 Å². The van der Waals surface area contributed by atoms with E-state index >= 15 is 0 Å². The largest absolute Gasteiger partial charge is 0.358 e. The van der Waals surface area contributed by atoms with Crippen LogP contribution < -0.4 is 10.9 Å². The normalized spacial score (nSPS) is 16.0. The molecular formula is C14H20N4O5S. The number of carbonyl (C=O) groups excluding carboxylic acids is 2. The zero-order valence-electron chi connectivity index (χ0n) is 13.6. The molecule has 0 aromatic carbocycles. The summed E-state index contributed by atoms with van der Waals surface area (Å²) >= 11 is 0. The highest BCUT2D eigenvalue weighted by Gasteiger charge is 2.33. The van der Waals surface area contributed by atoms with Gasteiger partial charge in [-0.05, 0) is 18.9 Å². The molecule has 2 amide bonds. The fourth-order valence-corrected chi connectivity index (χ4v) is 4.24. The van der Waals surface area contributed by atoms with E-state index in [-0.39, 0.29) is 43.1 Å². The van der Waals surface area contributed by atoms with Crippen LogP contribution in [0.2, 0.25) is 0 Å². The van der Waals surface area contributed by atoms with Gasteiger partial charge in [-0.2, -0.15) is 5.10 Å². The third kappa shape index (κ3) is 3.99. The lowest BCUT2D eigenvalue weighted by Gasteiger charge is -2.31. The molecule has 1 aromatic rings. The van der Waals surface area contributed by atoms with Crippen LogP contribution in [0.1, 0.15) is 23.3 Å². The van der Waals surface area contributed by atoms with Gasteiger partial charge in [0.25, 0.3) is 11.5 Å². The number of likely N-dealkylation sites (tertiary alicyclic amines) is 1. The Hall–Kier alpha value is -2.23. The Morgan fingerprint density at radius 1 is 1.29 bits per heavy atom. The number of hydrogen-bond donors (Lipinski definition) is 1. The summed E-state index contributed by atoms with van der Waals surface area (Å²) in [7, 11) is -0.689. The molecule has 0 bridgehead atoms. The zero-order valence-corrected chi connectivity index (χ0v) is 14.4. The van der Waals surface area contributed by atoms with Crippen molar-refractivity contribution >= 4 is 21.7 Å². The topological polar surface area (TPSA) is 118 Å². The maximum absolute atomic E-state index is 12.4. The summed E-state index contributed by atoms with van der Waals surface area (Å²) in [5.74, 6) is -1.42. The summed E-state index contributed by atoms with van der Waals surface area (Å²) in [5, 5.41) is 5.58. The van der Waals surface area contributed by atoms with Crippen molar-refractivity contribution in [2.45, 2.75) is 18.1 Å². The quantitative estimate of drug-likeness (QED) is 0.705. The maximum atomic E-state index is 12.4. The van der Waals surface area contributed by atoms with Gasteiger partial charge in [0.1, 0.15) is 11.4 Å². The Balaban J connectivity index is 2.01. The molecule has 10 heteroatoms. The van der Waals surface area contributed by atoms with Crippen LogP contribution in [-0.2, 0) is 21.7 Å². The Kier molecular flexibility index (Phi) is 5.37. The molecule has 1 aliphatic heterocycles. The van der Waals surface area contributed by atoms with Gasteiger partial charge in [-0.25, -0.2) is 13.1 Å². The number of aromatic nitrogens is 2. The summed E-state index contributed by atoms with van der Waals surface area (Å²) in [6, 6.07) is 2.62. The molecule has 1 saturated heterocycles. The van der Waals surface area contributed by atoms with E-state index in [1.165, 1.54) is 31.1 Å². The number of piperidine rings is 1. The summed E-state index contributed by atoms with van der Waals surface area (Å²) in [4.78, 5) is 36.5. The van der Waals surface area contributed by atoms with Crippen molar-refractivity contribution in [2.24, 2.45) is 7.05 Å². The highest BCUT2D eigenvalue weighted by Crippen LogP contribution is 2.19. The number of nitrogens with zero attached hydrogens (tertiary/aromatic N) is 3. The fourth-order valence-electron chi connectivity index (χ4n) is 2.57. The second-order valence-electron chi connectivity index (χ2n) is 5.65. The molecule has 1 aliphatic rings. The average molecular weight is 356 g/mol. The predicted octanol–water partition coefficient (Wildman–Crippen LogP) is -1.45. The van der Waals surface area contributed by atoms with Gasteiger partial charge in [0, 0.05) is 33.3 Å². The molecular weight excluding hydrogens is 336 g/mol. The van der Waals surface area contributed by atoms with Crippen molar-refractivity contribution in [1.29, 1.82) is 0 Å². The van der Waals surface area contributed by atoms with E-state index < -0.39 is 26.7 Å². The van der Waals surface area contributed by atoms with Crippen molar-refractivity contribution in [1.82, 2.24) is 20.0 Å². The predicted molar refractivity (Wildman–Crippen MR) is 86.3 cm³/mol. The molecule has 0 spiro atoms. The van der Waals surface area contributed by atoms with Crippen LogP contribution in [0.4, 0.5) is 0 Å². The van der Waals surface area contributed by atoms with E-state index in [4.69, 9.17) is 0 Å². The van der Waals surface area contributed by atoms with E-state index in [1.54, 1.807) is 0 Å². The monoisotopic (exact) mass is 356 g/mol. The third-order valence-electron chi connectivity index (χ3n) is 4.03. The van der Waals surface area contributed by atoms with Gasteiger partial charge in [0.2, 0.25) is 5.91 Å². The van der Waals surface area contributed by atoms with Gasteiger partial charge in [0.15, 0.2) is 9.84 Å². The summed E-state index contributed by atoms with van der Waals surface area (Å²) < 4.78 is 25.4. The Bertz CT molecular complexity index is 794. The molecule has 0 atom stereocenters. The van der Waals surface area contributed by atoms with E-state index in [1.807, 2.05) is 0 Å². The lowest BCUT2D eigenvalue weighted by Crippen LogP contribution is -2.44. The van der Waals surface area contributed by atoms with Crippen molar-refractivity contribution in [3.63, 3.8) is 0 Å². The summed E-state index contributed by atoms with van der Waals surface area (Å²) in [6.07, 6.45) is 0.549. The standard InChI is InChI=1S/C14H20N4O5S/c1-15-12(19)9-24(22,23)10-5-7-18(8-6-10)14(21)11-3-4-13(20)17(2)16-11/h3-4,10H,5-9H2,1-2H3,(H,15,19). The first kappa shape index (κ1) is 18.1. The minimum Gasteiger partial charge on any atom is -0.358 e. The molecule has 0 aliphatic carbocycles. The number of sulfone groups is 1. The Labute approximate surface area is 139 Å². The number of nitrogens with one attached hydrogen (secondary N) is 1. The van der Waals surface area contributed by atoms with Crippen LogP contribution in [0, 0.1) is 0 Å². The highest BCUT2D eigenvalue weighted by atomic mass is 32.2. The molecule has 24 heavy (non-hydrogen) atoms. The van der Waals surface area contributed by atoms with E-state index in [0.29, 0.717) is 0 Å². The van der Waals surface area contributed by atoms with Crippen LogP contribution in [-0.4, -0.2) is 66.1 Å². The molecule has 0 radical (unpaired) electrons. The third-order valence-corrected chi connectivity index (χ3v) is 6.18. The van der Waals surface area contributed by atoms with Crippen molar-refractivity contribution in [2.75, 3.05) is 25.9 Å². The molecule has 1 fully saturated rings. The van der Waals surface area contributed by atoms with Crippen LogP contribution in [0.15, 0.2) is 16.9 Å². The van der Waals surface area contributed by atoms with E-state index in [0.717, 1.165) is 4.68 Å². The molecule has 1 N–H and O–H groups in total. The minimum atomic E-state index is -3.53. The first-order valence-corrected chi connectivity index (χ1v) is 9.22. The molecule has 132 valence electrons. The fraction of sp³-hybridized carbons (Fsp3) is 0.571. The second kappa shape index (κ2) is 7.12. The molecule has 0 unspecified atom stereocenters. The Morgan fingerprint density at radius 3 is 2.46 bits per heavy atom. The van der Waals surface area contributed by atoms with Crippen molar-refractivity contribution < 1.29 is 18.0 Å². The smallest absolute Gasteiger partial charge is 0.274 e. The summed E-state index contributed by atoms with van der Waals surface area (Å²) in [5.41, 5.74) is -0.172. The molecule has 1 aromatic heterocycles. The lowest BCUT2D eigenvalue weighted by atomic mass is 10.1. The first-order valence-electron chi connectivity index (χ1n) is 7.50. The van der Waals surface area contributed by atoms with Crippen LogP contribution >= 0.6 is 0 Å². The molecule has 2 rings (SSSR count). The van der Waals surface area contributed by atoms with Gasteiger partial charge in [-0.15, -0.1) is 0 Å². The van der Waals surface area contributed by atoms with Gasteiger partial charge < -0.3 is 10.2 Å². The van der Waals surface area contributed by atoms with Crippen LogP contribution in [0.3, 0.4) is 0 Å². The first-order chi connectivity index (χ1) is 11.2. The molecule has 2 heterocycles. The zero-order chi connectivity index (χ0) is 17.9. The minimum absolute atomic E-state index is 0.142. The molecule has 0 saturated carbocycles. The van der Waals surface area contributed by atoms with E-state index in [2.05, 4.69) is 10.4 Å². The van der Waals surface area contributed by atoms with Crippen LogP contribution in [0.5, 0.6) is 0 Å². The average Bonchev–Trinajstić information content (AvgIpc) is 2.56. The van der Waals surface area contributed by atoms with Crippen LogP contribution in [0.25, 0.3) is 0 Å². The van der Waals surface area contributed by atoms with E-state index in [9.17, 15) is 22.8 Å². The second-order valence-corrected chi connectivity index (χ2v) is 7.93. The number of hydrogen-bond acceptors (Lipinski definition) is 6. The summed E-state index contributed by atoms with van der Waals surface area (Å²) in [6.45, 7) is 0.530. The van der Waals surface area contributed by atoms with Gasteiger partial charge in [0.05, 0.1) is 5.25 Å². The number of amides is 2. The number of rotatable bonds is 4. The van der Waals surface area contributed by atoms with Crippen molar-refractivity contribution in [3.05, 3.63) is 28.2 Å². The van der Waals surface area contributed by atoms with Crippen molar-refractivity contribution in [3.8, 4) is 0 Å². The SMILES string of the molecule is CNC(=O)CS(=O)(=O)C1CCN(C(=O)c2ccc(=O)n(C)n2)CC1. The maximum Gasteiger partial charge on any atom is 0.274 e. The number of aryl methyl sites for hydroxylation is 1. The molecule has 9 nitrogen and oxygen atoms in total. The van der Waals surface area contributed by atoms with Gasteiger partial charge in [-0.1, -0.05) is 0 Å². The highest BCUT2D eigenvalue weighted by molar-refractivity contribution is 7.92. The van der Waals surface area contributed by atoms with Gasteiger partial charge >= 0.3 is 0 Å². The number of carbonyl (C=O) groups is 2. The Morgan fingerprint density at radius 2 is 1.92 bits per heavy atom. The lowest BCUT2D eigenvalue weighted by molar-refractivity contribution is -0.118.